The fraction of sp³-hybridized carbons (Fsp3) is 0.692. The fourth-order valence-electron chi connectivity index (χ4n) is 2.52. The molecule has 1 aromatic heterocycles. The first-order chi connectivity index (χ1) is 9.11. The van der Waals surface area contributed by atoms with Crippen molar-refractivity contribution in [3.63, 3.8) is 0 Å². The van der Waals surface area contributed by atoms with Crippen LogP contribution in [0.1, 0.15) is 32.6 Å². The van der Waals surface area contributed by atoms with E-state index in [4.69, 9.17) is 11.6 Å². The van der Waals surface area contributed by atoms with Crippen molar-refractivity contribution in [3.8, 4) is 0 Å². The number of aliphatic hydroxyl groups is 1. The Morgan fingerprint density at radius 1 is 1.58 bits per heavy atom. The van der Waals surface area contributed by atoms with Crippen LogP contribution in [-0.2, 0) is 6.54 Å². The summed E-state index contributed by atoms with van der Waals surface area (Å²) in [6.45, 7) is 3.07. The van der Waals surface area contributed by atoms with Crippen LogP contribution in [0.25, 0.3) is 0 Å². The summed E-state index contributed by atoms with van der Waals surface area (Å²) in [5.74, 6) is 0.424. The fourth-order valence-corrected chi connectivity index (χ4v) is 2.73. The van der Waals surface area contributed by atoms with E-state index in [1.54, 1.807) is 6.20 Å². The Balaban J connectivity index is 2.00. The molecule has 1 saturated carbocycles. The Hall–Kier alpha value is -1.07. The molecule has 1 aliphatic carbocycles. The van der Waals surface area contributed by atoms with Crippen molar-refractivity contribution in [2.75, 3.05) is 11.9 Å². The van der Waals surface area contributed by atoms with Crippen molar-refractivity contribution in [2.24, 2.45) is 5.92 Å². The summed E-state index contributed by atoms with van der Waals surface area (Å²) < 4.78 is 1.33. The first-order valence-electron chi connectivity index (χ1n) is 6.79. The van der Waals surface area contributed by atoms with Crippen LogP contribution in [0.15, 0.2) is 11.0 Å². The number of aryl methyl sites for hydroxylation is 1. The summed E-state index contributed by atoms with van der Waals surface area (Å²) in [4.78, 5) is 11.8. The molecule has 1 heterocycles. The molecule has 106 valence electrons. The van der Waals surface area contributed by atoms with Crippen LogP contribution in [0.3, 0.4) is 0 Å². The van der Waals surface area contributed by atoms with Crippen LogP contribution >= 0.6 is 11.6 Å². The third-order valence-electron chi connectivity index (χ3n) is 3.62. The van der Waals surface area contributed by atoms with Gasteiger partial charge in [0, 0.05) is 13.1 Å². The third kappa shape index (κ3) is 3.48. The molecule has 0 aromatic carbocycles. The molecule has 0 amide bonds. The molecule has 2 rings (SSSR count). The van der Waals surface area contributed by atoms with Gasteiger partial charge in [0.2, 0.25) is 0 Å². The average Bonchev–Trinajstić information content (AvgIpc) is 2.41. The van der Waals surface area contributed by atoms with E-state index in [0.717, 1.165) is 25.7 Å². The zero-order chi connectivity index (χ0) is 13.8. The van der Waals surface area contributed by atoms with Gasteiger partial charge in [0.15, 0.2) is 0 Å². The number of rotatable bonds is 4. The first-order valence-corrected chi connectivity index (χ1v) is 7.17. The van der Waals surface area contributed by atoms with Gasteiger partial charge in [-0.15, -0.1) is 0 Å². The Morgan fingerprint density at radius 3 is 3.05 bits per heavy atom. The second kappa shape index (κ2) is 6.39. The predicted octanol–water partition coefficient (Wildman–Crippen LogP) is 1.88. The molecule has 5 nitrogen and oxygen atoms in total. The number of hydrogen-bond acceptors (Lipinski definition) is 4. The van der Waals surface area contributed by atoms with Gasteiger partial charge in [-0.25, -0.2) is 4.68 Å². The zero-order valence-corrected chi connectivity index (χ0v) is 11.9. The van der Waals surface area contributed by atoms with E-state index in [9.17, 15) is 9.90 Å². The lowest BCUT2D eigenvalue weighted by Crippen LogP contribution is -2.27. The monoisotopic (exact) mass is 285 g/mol. The highest BCUT2D eigenvalue weighted by Gasteiger charge is 2.20. The molecule has 0 bridgehead atoms. The molecule has 0 radical (unpaired) electrons. The highest BCUT2D eigenvalue weighted by molar-refractivity contribution is 6.32. The summed E-state index contributed by atoms with van der Waals surface area (Å²) >= 11 is 6.04. The van der Waals surface area contributed by atoms with Gasteiger partial charge in [-0.1, -0.05) is 18.0 Å². The van der Waals surface area contributed by atoms with E-state index in [-0.39, 0.29) is 16.7 Å². The zero-order valence-electron chi connectivity index (χ0n) is 11.1. The number of nitrogens with one attached hydrogen (secondary N) is 1. The normalized spacial score (nSPS) is 23.3. The van der Waals surface area contributed by atoms with Crippen molar-refractivity contribution in [1.29, 1.82) is 0 Å². The summed E-state index contributed by atoms with van der Waals surface area (Å²) in [5, 5.41) is 17.0. The molecule has 0 spiro atoms. The van der Waals surface area contributed by atoms with Gasteiger partial charge in [-0.3, -0.25) is 4.79 Å². The standard InChI is InChI=1S/C13H20ClN3O2/c1-2-17-13(19)12(14)11(8-16-17)15-7-9-4-3-5-10(18)6-9/h8-10,15,18H,2-7H2,1H3. The van der Waals surface area contributed by atoms with Crippen molar-refractivity contribution in [1.82, 2.24) is 9.78 Å². The van der Waals surface area contributed by atoms with Crippen molar-refractivity contribution < 1.29 is 5.11 Å². The van der Waals surface area contributed by atoms with Crippen LogP contribution in [0.4, 0.5) is 5.69 Å². The third-order valence-corrected chi connectivity index (χ3v) is 3.99. The van der Waals surface area contributed by atoms with Crippen LogP contribution in [0, 0.1) is 5.92 Å². The van der Waals surface area contributed by atoms with E-state index < -0.39 is 0 Å². The quantitative estimate of drug-likeness (QED) is 0.886. The number of aromatic nitrogens is 2. The lowest BCUT2D eigenvalue weighted by molar-refractivity contribution is 0.105. The van der Waals surface area contributed by atoms with E-state index in [0.29, 0.717) is 24.7 Å². The Bertz CT molecular complexity index is 489. The maximum Gasteiger partial charge on any atom is 0.287 e. The minimum absolute atomic E-state index is 0.188. The largest absolute Gasteiger partial charge is 0.393 e. The second-order valence-electron chi connectivity index (χ2n) is 5.06. The molecule has 6 heteroatoms. The topological polar surface area (TPSA) is 67.2 Å². The maximum absolute atomic E-state index is 11.8. The number of aliphatic hydroxyl groups excluding tert-OH is 1. The summed E-state index contributed by atoms with van der Waals surface area (Å²) in [5.41, 5.74) is 0.314. The molecule has 1 aromatic rings. The number of halogens is 1. The van der Waals surface area contributed by atoms with Crippen LogP contribution < -0.4 is 10.9 Å². The number of hydrogen-bond donors (Lipinski definition) is 2. The summed E-state index contributed by atoms with van der Waals surface area (Å²) in [6, 6.07) is 0. The Labute approximate surface area is 117 Å². The summed E-state index contributed by atoms with van der Waals surface area (Å²) in [7, 11) is 0. The average molecular weight is 286 g/mol. The lowest BCUT2D eigenvalue weighted by atomic mass is 9.87. The van der Waals surface area contributed by atoms with Crippen molar-refractivity contribution in [2.45, 2.75) is 45.3 Å². The molecule has 2 atom stereocenters. The predicted molar refractivity (Wildman–Crippen MR) is 75.6 cm³/mol. The lowest BCUT2D eigenvalue weighted by Gasteiger charge is -2.26. The molecule has 2 N–H and O–H groups in total. The van der Waals surface area contributed by atoms with E-state index >= 15 is 0 Å². The van der Waals surface area contributed by atoms with Crippen LogP contribution in [0.5, 0.6) is 0 Å². The molecular weight excluding hydrogens is 266 g/mol. The van der Waals surface area contributed by atoms with Gasteiger partial charge in [-0.2, -0.15) is 5.10 Å². The van der Waals surface area contributed by atoms with Gasteiger partial charge in [0.05, 0.1) is 18.0 Å². The van der Waals surface area contributed by atoms with Gasteiger partial charge >= 0.3 is 0 Å². The molecule has 0 saturated heterocycles. The molecule has 19 heavy (non-hydrogen) atoms. The SMILES string of the molecule is CCn1ncc(NCC2CCCC(O)C2)c(Cl)c1=O. The smallest absolute Gasteiger partial charge is 0.287 e. The van der Waals surface area contributed by atoms with Gasteiger partial charge in [0.1, 0.15) is 5.02 Å². The second-order valence-corrected chi connectivity index (χ2v) is 5.44. The Morgan fingerprint density at radius 2 is 2.37 bits per heavy atom. The highest BCUT2D eigenvalue weighted by atomic mass is 35.5. The van der Waals surface area contributed by atoms with Crippen LogP contribution in [-0.4, -0.2) is 27.5 Å². The molecule has 1 aliphatic rings. The van der Waals surface area contributed by atoms with Gasteiger partial charge < -0.3 is 10.4 Å². The van der Waals surface area contributed by atoms with Gasteiger partial charge in [0.25, 0.3) is 5.56 Å². The van der Waals surface area contributed by atoms with Crippen LogP contribution in [0.2, 0.25) is 5.02 Å². The molecule has 0 aliphatic heterocycles. The van der Waals surface area contributed by atoms with E-state index in [2.05, 4.69) is 10.4 Å². The number of nitrogens with zero attached hydrogens (tertiary/aromatic N) is 2. The van der Waals surface area contributed by atoms with Gasteiger partial charge in [-0.05, 0) is 32.1 Å². The van der Waals surface area contributed by atoms with Crippen molar-refractivity contribution >= 4 is 17.3 Å². The Kier molecular flexibility index (Phi) is 4.82. The van der Waals surface area contributed by atoms with E-state index in [1.165, 1.54) is 4.68 Å². The van der Waals surface area contributed by atoms with Crippen molar-refractivity contribution in [3.05, 3.63) is 21.6 Å². The highest BCUT2D eigenvalue weighted by Crippen LogP contribution is 2.25. The number of anilines is 1. The molecule has 1 fully saturated rings. The van der Waals surface area contributed by atoms with E-state index in [1.807, 2.05) is 6.92 Å². The molecule has 2 unspecified atom stereocenters. The maximum atomic E-state index is 11.8. The minimum Gasteiger partial charge on any atom is -0.393 e. The first kappa shape index (κ1) is 14.3. The summed E-state index contributed by atoms with van der Waals surface area (Å²) in [6.07, 6.45) is 5.25. The minimum atomic E-state index is -0.266. The molecular formula is C13H20ClN3O2.